The maximum atomic E-state index is 13.9. The minimum Gasteiger partial charge on any atom is -0.309 e. The van der Waals surface area contributed by atoms with Crippen LogP contribution >= 0.6 is 11.6 Å². The second kappa shape index (κ2) is 3.60. The Morgan fingerprint density at radius 3 is 2.63 bits per heavy atom. The Balaban J connectivity index is 2.44. The van der Waals surface area contributed by atoms with Crippen LogP contribution in [0.4, 0.5) is 14.5 Å². The van der Waals surface area contributed by atoms with Gasteiger partial charge in [0.05, 0.1) is 16.9 Å². The number of aromatic nitrogens is 2. The van der Waals surface area contributed by atoms with E-state index in [0.29, 0.717) is 16.5 Å². The third kappa shape index (κ3) is 1.46. The van der Waals surface area contributed by atoms with E-state index in [1.807, 2.05) is 0 Å². The molecule has 0 fully saturated rings. The fraction of sp³-hybridized carbons (Fsp3) is 0.250. The molecule has 0 saturated carbocycles. The zero-order chi connectivity index (χ0) is 13.9. The number of aryl methyl sites for hydroxylation is 1. The lowest BCUT2D eigenvalue weighted by Gasteiger charge is -2.10. The maximum Gasteiger partial charge on any atom is 0.352 e. The van der Waals surface area contributed by atoms with Crippen LogP contribution in [0.25, 0.3) is 10.8 Å². The number of carbonyl (C=O) groups is 1. The van der Waals surface area contributed by atoms with Crippen LogP contribution in [-0.4, -0.2) is 23.2 Å². The highest BCUT2D eigenvalue weighted by atomic mass is 35.5. The molecular formula is C12H8ClF2N3O. The molecule has 2 aromatic rings. The van der Waals surface area contributed by atoms with E-state index in [0.717, 1.165) is 4.90 Å². The highest BCUT2D eigenvalue weighted by Crippen LogP contribution is 2.45. The van der Waals surface area contributed by atoms with Gasteiger partial charge in [-0.15, -0.1) is 5.10 Å². The Kier molecular flexibility index (Phi) is 2.32. The summed E-state index contributed by atoms with van der Waals surface area (Å²) in [6.07, 6.45) is 0. The second-order valence-corrected chi connectivity index (χ2v) is 4.79. The van der Waals surface area contributed by atoms with Crippen LogP contribution in [-0.2, 0) is 10.7 Å². The standard InChI is InChI=1S/C12H8ClF2N3O/c1-5-6-3-8-9(4-7(6)10(13)17-16-5)18(2)11(19)12(8,14)15/h3-4H,1-2H3. The zero-order valence-electron chi connectivity index (χ0n) is 10.0. The Morgan fingerprint density at radius 2 is 1.95 bits per heavy atom. The van der Waals surface area contributed by atoms with Gasteiger partial charge in [-0.25, -0.2) is 0 Å². The molecule has 1 amide bonds. The summed E-state index contributed by atoms with van der Waals surface area (Å²) in [4.78, 5) is 12.5. The van der Waals surface area contributed by atoms with Crippen molar-refractivity contribution in [3.63, 3.8) is 0 Å². The van der Waals surface area contributed by atoms with Crippen molar-refractivity contribution >= 4 is 34.0 Å². The van der Waals surface area contributed by atoms with E-state index >= 15 is 0 Å². The van der Waals surface area contributed by atoms with Crippen molar-refractivity contribution in [3.05, 3.63) is 28.5 Å². The smallest absolute Gasteiger partial charge is 0.309 e. The van der Waals surface area contributed by atoms with Crippen molar-refractivity contribution < 1.29 is 13.6 Å². The van der Waals surface area contributed by atoms with Gasteiger partial charge in [-0.2, -0.15) is 13.9 Å². The molecule has 3 rings (SSSR count). The molecule has 0 saturated heterocycles. The van der Waals surface area contributed by atoms with Gasteiger partial charge in [-0.1, -0.05) is 11.6 Å². The van der Waals surface area contributed by atoms with Crippen LogP contribution in [0.5, 0.6) is 0 Å². The summed E-state index contributed by atoms with van der Waals surface area (Å²) in [6, 6.07) is 2.72. The molecule has 0 radical (unpaired) electrons. The summed E-state index contributed by atoms with van der Waals surface area (Å²) < 4.78 is 27.8. The van der Waals surface area contributed by atoms with Crippen LogP contribution in [0.3, 0.4) is 0 Å². The van der Waals surface area contributed by atoms with Crippen LogP contribution in [0.1, 0.15) is 11.3 Å². The molecule has 1 aliphatic rings. The number of anilines is 1. The number of hydrogen-bond donors (Lipinski definition) is 0. The molecule has 1 aliphatic heterocycles. The number of rotatable bonds is 0. The van der Waals surface area contributed by atoms with Gasteiger partial charge in [0.1, 0.15) is 0 Å². The summed E-state index contributed by atoms with van der Waals surface area (Å²) >= 11 is 5.92. The summed E-state index contributed by atoms with van der Waals surface area (Å²) in [5, 5.41) is 8.63. The minimum atomic E-state index is -3.51. The Labute approximate surface area is 112 Å². The Morgan fingerprint density at radius 1 is 1.26 bits per heavy atom. The second-order valence-electron chi connectivity index (χ2n) is 4.43. The maximum absolute atomic E-state index is 13.9. The summed E-state index contributed by atoms with van der Waals surface area (Å²) in [5.74, 6) is -4.76. The first-order valence-corrected chi connectivity index (χ1v) is 5.85. The molecule has 7 heteroatoms. The number of benzene rings is 1. The van der Waals surface area contributed by atoms with E-state index in [1.165, 1.54) is 19.2 Å². The Bertz CT molecular complexity index is 732. The van der Waals surface area contributed by atoms with Gasteiger partial charge in [0.25, 0.3) is 0 Å². The number of amides is 1. The fourth-order valence-electron chi connectivity index (χ4n) is 2.25. The van der Waals surface area contributed by atoms with Gasteiger partial charge in [0.2, 0.25) is 0 Å². The van der Waals surface area contributed by atoms with E-state index in [9.17, 15) is 13.6 Å². The fourth-order valence-corrected chi connectivity index (χ4v) is 2.44. The first-order chi connectivity index (χ1) is 8.84. The first-order valence-electron chi connectivity index (χ1n) is 5.47. The summed E-state index contributed by atoms with van der Waals surface area (Å²) in [7, 11) is 1.31. The van der Waals surface area contributed by atoms with Gasteiger partial charge >= 0.3 is 11.8 Å². The number of alkyl halides is 2. The molecule has 98 valence electrons. The topological polar surface area (TPSA) is 46.1 Å². The predicted molar refractivity (Wildman–Crippen MR) is 66.6 cm³/mol. The molecule has 19 heavy (non-hydrogen) atoms. The number of nitrogens with zero attached hydrogens (tertiary/aromatic N) is 3. The van der Waals surface area contributed by atoms with Crippen molar-refractivity contribution in [3.8, 4) is 0 Å². The number of halogens is 3. The van der Waals surface area contributed by atoms with Crippen molar-refractivity contribution in [2.24, 2.45) is 0 Å². The minimum absolute atomic E-state index is 0.125. The van der Waals surface area contributed by atoms with Gasteiger partial charge in [0.15, 0.2) is 5.15 Å². The number of carbonyl (C=O) groups excluding carboxylic acids is 1. The van der Waals surface area contributed by atoms with Gasteiger partial charge in [0, 0.05) is 17.8 Å². The molecule has 0 spiro atoms. The lowest BCUT2D eigenvalue weighted by atomic mass is 10.0. The van der Waals surface area contributed by atoms with Crippen LogP contribution < -0.4 is 4.90 Å². The highest BCUT2D eigenvalue weighted by Gasteiger charge is 2.51. The van der Waals surface area contributed by atoms with Crippen LogP contribution in [0.15, 0.2) is 12.1 Å². The number of fused-ring (bicyclic) bond motifs is 2. The third-order valence-corrected chi connectivity index (χ3v) is 3.59. The molecule has 0 atom stereocenters. The largest absolute Gasteiger partial charge is 0.352 e. The highest BCUT2D eigenvalue weighted by molar-refractivity contribution is 6.34. The van der Waals surface area contributed by atoms with Crippen LogP contribution in [0, 0.1) is 6.92 Å². The van der Waals surface area contributed by atoms with E-state index < -0.39 is 11.8 Å². The van der Waals surface area contributed by atoms with Crippen LogP contribution in [0.2, 0.25) is 5.15 Å². The molecule has 4 nitrogen and oxygen atoms in total. The molecule has 1 aromatic heterocycles. The molecular weight excluding hydrogens is 276 g/mol. The van der Waals surface area contributed by atoms with E-state index in [2.05, 4.69) is 10.2 Å². The van der Waals surface area contributed by atoms with Crippen molar-refractivity contribution in [2.75, 3.05) is 11.9 Å². The number of likely N-dealkylation sites (N-methyl/N-ethyl adjacent to an activating group) is 1. The molecule has 0 N–H and O–H groups in total. The molecule has 0 unspecified atom stereocenters. The third-order valence-electron chi connectivity index (χ3n) is 3.31. The van der Waals surface area contributed by atoms with Crippen molar-refractivity contribution in [2.45, 2.75) is 12.8 Å². The van der Waals surface area contributed by atoms with Crippen molar-refractivity contribution in [1.82, 2.24) is 10.2 Å². The lowest BCUT2D eigenvalue weighted by Crippen LogP contribution is -2.31. The molecule has 1 aromatic carbocycles. The van der Waals surface area contributed by atoms with Gasteiger partial charge in [-0.3, -0.25) is 4.79 Å². The average molecular weight is 284 g/mol. The van der Waals surface area contributed by atoms with E-state index in [-0.39, 0.29) is 16.4 Å². The number of hydrogen-bond acceptors (Lipinski definition) is 3. The van der Waals surface area contributed by atoms with E-state index in [1.54, 1.807) is 6.92 Å². The summed E-state index contributed by atoms with van der Waals surface area (Å²) in [5.41, 5.74) is 0.316. The Hall–Kier alpha value is -1.82. The molecule has 2 heterocycles. The lowest BCUT2D eigenvalue weighted by molar-refractivity contribution is -0.141. The van der Waals surface area contributed by atoms with Crippen molar-refractivity contribution in [1.29, 1.82) is 0 Å². The van der Waals surface area contributed by atoms with Gasteiger partial charge in [-0.05, 0) is 19.1 Å². The molecule has 0 bridgehead atoms. The monoisotopic (exact) mass is 283 g/mol. The van der Waals surface area contributed by atoms with Gasteiger partial charge < -0.3 is 4.90 Å². The average Bonchev–Trinajstić information content (AvgIpc) is 2.55. The zero-order valence-corrected chi connectivity index (χ0v) is 10.8. The van der Waals surface area contributed by atoms with E-state index in [4.69, 9.17) is 11.6 Å². The SMILES string of the molecule is Cc1nnc(Cl)c2cc3c(cc12)C(F)(F)C(=O)N3C. The quantitative estimate of drug-likeness (QED) is 0.747. The summed E-state index contributed by atoms with van der Waals surface area (Å²) in [6.45, 7) is 1.65. The normalized spacial score (nSPS) is 17.1. The molecule has 0 aliphatic carbocycles. The predicted octanol–water partition coefficient (Wildman–Crippen LogP) is 2.66. The first kappa shape index (κ1) is 12.2.